The van der Waals surface area contributed by atoms with Crippen molar-refractivity contribution >= 4 is 5.69 Å². The molecule has 2 heterocycles. The molecule has 3 heteroatoms. The highest BCUT2D eigenvalue weighted by molar-refractivity contribution is 5.59. The lowest BCUT2D eigenvalue weighted by atomic mass is 9.77. The van der Waals surface area contributed by atoms with Gasteiger partial charge in [0.15, 0.2) is 0 Å². The van der Waals surface area contributed by atoms with E-state index in [2.05, 4.69) is 60.8 Å². The number of unbranched alkanes of at least 4 members (excludes halogenated alkanes) is 1. The van der Waals surface area contributed by atoms with E-state index in [4.69, 9.17) is 9.47 Å². The number of hydrogen-bond donors (Lipinski definition) is 1. The van der Waals surface area contributed by atoms with E-state index < -0.39 is 0 Å². The minimum absolute atomic E-state index is 0.157. The first-order valence-electron chi connectivity index (χ1n) is 9.56. The highest BCUT2D eigenvalue weighted by atomic mass is 16.5. The normalized spacial score (nSPS) is 24.8. The largest absolute Gasteiger partial charge is 0.494 e. The Labute approximate surface area is 150 Å². The third-order valence-corrected chi connectivity index (χ3v) is 5.36. The van der Waals surface area contributed by atoms with E-state index >= 15 is 0 Å². The average Bonchev–Trinajstić information content (AvgIpc) is 2.68. The van der Waals surface area contributed by atoms with Crippen molar-refractivity contribution in [3.63, 3.8) is 0 Å². The molecule has 0 bridgehead atoms. The molecule has 0 unspecified atom stereocenters. The number of hydrogen-bond acceptors (Lipinski definition) is 3. The monoisotopic (exact) mass is 337 g/mol. The Kier molecular flexibility index (Phi) is 4.93. The third-order valence-electron chi connectivity index (χ3n) is 5.36. The van der Waals surface area contributed by atoms with Gasteiger partial charge in [0.2, 0.25) is 0 Å². The van der Waals surface area contributed by atoms with E-state index in [9.17, 15) is 0 Å². The van der Waals surface area contributed by atoms with Crippen molar-refractivity contribution in [3.05, 3.63) is 59.7 Å². The molecule has 0 saturated carbocycles. The van der Waals surface area contributed by atoms with Gasteiger partial charge in [0.25, 0.3) is 0 Å². The van der Waals surface area contributed by atoms with Crippen molar-refractivity contribution in [3.8, 4) is 5.75 Å². The first kappa shape index (κ1) is 16.5. The summed E-state index contributed by atoms with van der Waals surface area (Å²) >= 11 is 0. The van der Waals surface area contributed by atoms with Crippen LogP contribution in [0.3, 0.4) is 0 Å². The molecule has 2 aliphatic heterocycles. The van der Waals surface area contributed by atoms with Gasteiger partial charge in [-0.1, -0.05) is 43.7 Å². The van der Waals surface area contributed by atoms with Crippen LogP contribution in [-0.4, -0.2) is 13.2 Å². The smallest absolute Gasteiger partial charge is 0.119 e. The first-order valence-corrected chi connectivity index (χ1v) is 9.56. The molecule has 2 aromatic carbocycles. The molecule has 3 atom stereocenters. The molecule has 3 nitrogen and oxygen atoms in total. The van der Waals surface area contributed by atoms with Crippen LogP contribution in [-0.2, 0) is 4.74 Å². The van der Waals surface area contributed by atoms with Crippen LogP contribution in [0, 0.1) is 5.92 Å². The maximum Gasteiger partial charge on any atom is 0.119 e. The molecular formula is C22H27NO2. The predicted octanol–water partition coefficient (Wildman–Crippen LogP) is 5.50. The molecular weight excluding hydrogens is 310 g/mol. The summed E-state index contributed by atoms with van der Waals surface area (Å²) < 4.78 is 12.2. The standard InChI is InChI=1S/C22H27NO2/c1-2-3-13-24-17-11-12-20-19(15-17)22-18(10-7-14-25-22)21(23-20)16-8-5-4-6-9-16/h4-6,8-9,11-12,15,18,21-23H,2-3,7,10,13-14H2,1H3/t18-,21+,22-/m0/s1. The van der Waals surface area contributed by atoms with Crippen LogP contribution in [0.4, 0.5) is 5.69 Å². The average molecular weight is 337 g/mol. The van der Waals surface area contributed by atoms with Gasteiger partial charge in [-0.3, -0.25) is 0 Å². The number of fused-ring (bicyclic) bond motifs is 3. The number of benzene rings is 2. The lowest BCUT2D eigenvalue weighted by molar-refractivity contribution is -0.0382. The van der Waals surface area contributed by atoms with Crippen molar-refractivity contribution in [1.29, 1.82) is 0 Å². The van der Waals surface area contributed by atoms with E-state index in [1.54, 1.807) is 0 Å². The van der Waals surface area contributed by atoms with Crippen molar-refractivity contribution in [2.75, 3.05) is 18.5 Å². The summed E-state index contributed by atoms with van der Waals surface area (Å²) in [6.45, 7) is 3.82. The van der Waals surface area contributed by atoms with Gasteiger partial charge in [-0.05, 0) is 43.0 Å². The number of ether oxygens (including phenoxy) is 2. The molecule has 0 amide bonds. The molecule has 2 aliphatic rings. The quantitative estimate of drug-likeness (QED) is 0.731. The molecule has 1 saturated heterocycles. The molecule has 25 heavy (non-hydrogen) atoms. The van der Waals surface area contributed by atoms with E-state index in [1.807, 2.05) is 0 Å². The van der Waals surface area contributed by atoms with Gasteiger partial charge in [0, 0.05) is 23.8 Å². The molecule has 0 aromatic heterocycles. The summed E-state index contributed by atoms with van der Waals surface area (Å²) in [6.07, 6.45) is 4.73. The molecule has 4 rings (SSSR count). The molecule has 0 spiro atoms. The third kappa shape index (κ3) is 3.38. The van der Waals surface area contributed by atoms with Crippen LogP contribution in [0.5, 0.6) is 5.75 Å². The van der Waals surface area contributed by atoms with Crippen LogP contribution < -0.4 is 10.1 Å². The molecule has 0 radical (unpaired) electrons. The van der Waals surface area contributed by atoms with Gasteiger partial charge >= 0.3 is 0 Å². The predicted molar refractivity (Wildman–Crippen MR) is 101 cm³/mol. The Balaban J connectivity index is 1.64. The summed E-state index contributed by atoms with van der Waals surface area (Å²) in [5, 5.41) is 3.77. The maximum absolute atomic E-state index is 6.25. The Morgan fingerprint density at radius 3 is 2.88 bits per heavy atom. The minimum Gasteiger partial charge on any atom is -0.494 e. The van der Waals surface area contributed by atoms with Crippen molar-refractivity contribution in [2.45, 2.75) is 44.8 Å². The van der Waals surface area contributed by atoms with Crippen molar-refractivity contribution in [2.24, 2.45) is 5.92 Å². The van der Waals surface area contributed by atoms with Crippen LogP contribution in [0.2, 0.25) is 0 Å². The van der Waals surface area contributed by atoms with E-state index in [0.717, 1.165) is 38.2 Å². The summed E-state index contributed by atoms with van der Waals surface area (Å²) in [6, 6.07) is 17.5. The lowest BCUT2D eigenvalue weighted by Gasteiger charge is -2.43. The Hall–Kier alpha value is -2.00. The highest BCUT2D eigenvalue weighted by Gasteiger charge is 2.39. The summed E-state index contributed by atoms with van der Waals surface area (Å²) in [5.74, 6) is 1.43. The van der Waals surface area contributed by atoms with E-state index in [-0.39, 0.29) is 6.10 Å². The molecule has 0 aliphatic carbocycles. The maximum atomic E-state index is 6.25. The van der Waals surface area contributed by atoms with E-state index in [0.29, 0.717) is 12.0 Å². The first-order chi connectivity index (χ1) is 12.4. The highest BCUT2D eigenvalue weighted by Crippen LogP contribution is 2.49. The van der Waals surface area contributed by atoms with Crippen molar-refractivity contribution < 1.29 is 9.47 Å². The number of rotatable bonds is 5. The van der Waals surface area contributed by atoms with Crippen LogP contribution in [0.15, 0.2) is 48.5 Å². The van der Waals surface area contributed by atoms with Crippen LogP contribution in [0.1, 0.15) is 55.9 Å². The molecule has 1 N–H and O–H groups in total. The second-order valence-corrected chi connectivity index (χ2v) is 7.08. The lowest BCUT2D eigenvalue weighted by Crippen LogP contribution is -2.36. The molecule has 132 valence electrons. The fourth-order valence-electron chi connectivity index (χ4n) is 4.06. The minimum atomic E-state index is 0.157. The van der Waals surface area contributed by atoms with Crippen LogP contribution in [0.25, 0.3) is 0 Å². The summed E-state index contributed by atoms with van der Waals surface area (Å²) in [7, 11) is 0. The zero-order valence-corrected chi connectivity index (χ0v) is 14.9. The summed E-state index contributed by atoms with van der Waals surface area (Å²) in [5.41, 5.74) is 3.78. The van der Waals surface area contributed by atoms with E-state index in [1.165, 1.54) is 23.2 Å². The van der Waals surface area contributed by atoms with Gasteiger partial charge < -0.3 is 14.8 Å². The SMILES string of the molecule is CCCCOc1ccc2c(c1)[C@H]1OCCC[C@H]1[C@@H](c1ccccc1)N2. The number of anilines is 1. The zero-order valence-electron chi connectivity index (χ0n) is 14.9. The van der Waals surface area contributed by atoms with Gasteiger partial charge in [-0.25, -0.2) is 0 Å². The van der Waals surface area contributed by atoms with Gasteiger partial charge in [0.1, 0.15) is 5.75 Å². The van der Waals surface area contributed by atoms with Gasteiger partial charge in [-0.15, -0.1) is 0 Å². The topological polar surface area (TPSA) is 30.5 Å². The molecule has 1 fully saturated rings. The Bertz CT molecular complexity index is 700. The van der Waals surface area contributed by atoms with Gasteiger partial charge in [0.05, 0.1) is 18.8 Å². The molecule has 2 aromatic rings. The Morgan fingerprint density at radius 1 is 1.16 bits per heavy atom. The fourth-order valence-corrected chi connectivity index (χ4v) is 4.06. The van der Waals surface area contributed by atoms with Crippen LogP contribution >= 0.6 is 0 Å². The van der Waals surface area contributed by atoms with Crippen molar-refractivity contribution in [1.82, 2.24) is 0 Å². The number of nitrogens with one attached hydrogen (secondary N) is 1. The Morgan fingerprint density at radius 2 is 2.04 bits per heavy atom. The summed E-state index contributed by atoms with van der Waals surface area (Å²) in [4.78, 5) is 0. The van der Waals surface area contributed by atoms with Gasteiger partial charge in [-0.2, -0.15) is 0 Å². The fraction of sp³-hybridized carbons (Fsp3) is 0.455. The second kappa shape index (κ2) is 7.49. The zero-order chi connectivity index (χ0) is 17.1. The second-order valence-electron chi connectivity index (χ2n) is 7.08.